The molecule has 1 saturated carbocycles. The number of aryl methyl sites for hydroxylation is 3. The Kier molecular flexibility index (Phi) is 8.91. The number of halogens is 1. The predicted octanol–water partition coefficient (Wildman–Crippen LogP) is 2.78. The second-order valence-corrected chi connectivity index (χ2v) is 7.57. The second kappa shape index (κ2) is 10.9. The van der Waals surface area contributed by atoms with Gasteiger partial charge in [-0.1, -0.05) is 26.7 Å². The van der Waals surface area contributed by atoms with Gasteiger partial charge in [-0.05, 0) is 32.6 Å². The highest BCUT2D eigenvalue weighted by Crippen LogP contribution is 2.19. The van der Waals surface area contributed by atoms with Gasteiger partial charge < -0.3 is 15.2 Å². The van der Waals surface area contributed by atoms with Crippen LogP contribution < -0.4 is 10.6 Å². The maximum atomic E-state index is 4.92. The Morgan fingerprint density at radius 2 is 1.86 bits per heavy atom. The molecule has 162 valence electrons. The number of aromatic nitrogens is 5. The molecule has 1 aliphatic carbocycles. The van der Waals surface area contributed by atoms with Crippen molar-refractivity contribution >= 4 is 29.9 Å². The van der Waals surface area contributed by atoms with E-state index in [1.165, 1.54) is 36.9 Å². The van der Waals surface area contributed by atoms with E-state index in [2.05, 4.69) is 39.8 Å². The highest BCUT2D eigenvalue weighted by Gasteiger charge is 2.18. The van der Waals surface area contributed by atoms with E-state index in [4.69, 9.17) is 4.99 Å². The van der Waals surface area contributed by atoms with E-state index in [0.717, 1.165) is 36.1 Å². The molecular formula is C20H35IN8. The molecule has 2 heterocycles. The minimum absolute atomic E-state index is 0. The summed E-state index contributed by atoms with van der Waals surface area (Å²) in [6.07, 6.45) is 6.88. The third-order valence-electron chi connectivity index (χ3n) is 5.72. The van der Waals surface area contributed by atoms with Gasteiger partial charge in [0.25, 0.3) is 0 Å². The van der Waals surface area contributed by atoms with Gasteiger partial charge in [0.2, 0.25) is 0 Å². The van der Waals surface area contributed by atoms with E-state index < -0.39 is 0 Å². The van der Waals surface area contributed by atoms with Crippen LogP contribution >= 0.6 is 24.0 Å². The van der Waals surface area contributed by atoms with Crippen LogP contribution in [0.25, 0.3) is 0 Å². The fourth-order valence-corrected chi connectivity index (χ4v) is 3.91. The normalized spacial score (nSPS) is 14.9. The van der Waals surface area contributed by atoms with Crippen molar-refractivity contribution in [3.8, 4) is 0 Å². The molecule has 0 radical (unpaired) electrons. The van der Waals surface area contributed by atoms with Gasteiger partial charge in [0.1, 0.15) is 5.82 Å². The zero-order valence-corrected chi connectivity index (χ0v) is 20.7. The Morgan fingerprint density at radius 1 is 1.14 bits per heavy atom. The Bertz CT molecular complexity index is 817. The van der Waals surface area contributed by atoms with Crippen molar-refractivity contribution in [2.24, 2.45) is 19.1 Å². The summed E-state index contributed by atoms with van der Waals surface area (Å²) in [6, 6.07) is 0.498. The maximum Gasteiger partial charge on any atom is 0.192 e. The molecule has 0 aromatic carbocycles. The number of aliphatic imine (C=N–C) groups is 1. The number of nitrogens with zero attached hydrogens (tertiary/aromatic N) is 6. The average molecular weight is 514 g/mol. The summed E-state index contributed by atoms with van der Waals surface area (Å²) in [5.41, 5.74) is 3.67. The van der Waals surface area contributed by atoms with Gasteiger partial charge in [-0.25, -0.2) is 4.99 Å². The third-order valence-corrected chi connectivity index (χ3v) is 5.72. The third kappa shape index (κ3) is 5.70. The van der Waals surface area contributed by atoms with Crippen LogP contribution in [-0.2, 0) is 40.0 Å². The second-order valence-electron chi connectivity index (χ2n) is 7.57. The fraction of sp³-hybridized carbons (Fsp3) is 0.700. The van der Waals surface area contributed by atoms with E-state index in [-0.39, 0.29) is 24.0 Å². The first kappa shape index (κ1) is 23.6. The van der Waals surface area contributed by atoms with Gasteiger partial charge in [-0.2, -0.15) is 5.10 Å². The monoisotopic (exact) mass is 514 g/mol. The molecule has 0 unspecified atom stereocenters. The fourth-order valence-electron chi connectivity index (χ4n) is 3.91. The van der Waals surface area contributed by atoms with Crippen LogP contribution in [0.1, 0.15) is 68.1 Å². The zero-order valence-electron chi connectivity index (χ0n) is 18.3. The summed E-state index contributed by atoms with van der Waals surface area (Å²) in [5, 5.41) is 20.1. The highest BCUT2D eigenvalue weighted by molar-refractivity contribution is 14.0. The number of hydrogen-bond acceptors (Lipinski definition) is 4. The van der Waals surface area contributed by atoms with Crippen molar-refractivity contribution < 1.29 is 0 Å². The average Bonchev–Trinajstić information content (AvgIpc) is 3.39. The summed E-state index contributed by atoms with van der Waals surface area (Å²) < 4.78 is 4.01. The topological polar surface area (TPSA) is 85.0 Å². The summed E-state index contributed by atoms with van der Waals surface area (Å²) in [7, 11) is 4.02. The van der Waals surface area contributed by atoms with Crippen LogP contribution in [0.5, 0.6) is 0 Å². The van der Waals surface area contributed by atoms with Crippen LogP contribution in [0.2, 0.25) is 0 Å². The SMILES string of the molecule is CCc1nn(C)c(CC)c1CN=C(NCc1nnc(C)n1C)NC1CCCC1.I. The lowest BCUT2D eigenvalue weighted by molar-refractivity contribution is 0.606. The molecule has 29 heavy (non-hydrogen) atoms. The van der Waals surface area contributed by atoms with Crippen molar-refractivity contribution in [1.82, 2.24) is 35.2 Å². The van der Waals surface area contributed by atoms with Crippen LogP contribution in [0.3, 0.4) is 0 Å². The largest absolute Gasteiger partial charge is 0.354 e. The minimum atomic E-state index is 0. The predicted molar refractivity (Wildman–Crippen MR) is 126 cm³/mol. The van der Waals surface area contributed by atoms with Crippen LogP contribution in [0.4, 0.5) is 0 Å². The summed E-state index contributed by atoms with van der Waals surface area (Å²) in [5.74, 6) is 2.67. The molecule has 1 aliphatic rings. The lowest BCUT2D eigenvalue weighted by Crippen LogP contribution is -2.42. The quantitative estimate of drug-likeness (QED) is 0.337. The van der Waals surface area contributed by atoms with Crippen LogP contribution in [0.15, 0.2) is 4.99 Å². The van der Waals surface area contributed by atoms with Crippen LogP contribution in [-0.4, -0.2) is 36.5 Å². The number of hydrogen-bond donors (Lipinski definition) is 2. The van der Waals surface area contributed by atoms with Crippen LogP contribution in [0, 0.1) is 6.92 Å². The van der Waals surface area contributed by atoms with Gasteiger partial charge in [-0.3, -0.25) is 4.68 Å². The van der Waals surface area contributed by atoms with Gasteiger partial charge in [-0.15, -0.1) is 34.2 Å². The molecule has 0 saturated heterocycles. The molecule has 0 bridgehead atoms. The first-order valence-electron chi connectivity index (χ1n) is 10.5. The molecular weight excluding hydrogens is 479 g/mol. The van der Waals surface area contributed by atoms with Gasteiger partial charge in [0.05, 0.1) is 18.8 Å². The van der Waals surface area contributed by atoms with Gasteiger partial charge >= 0.3 is 0 Å². The first-order valence-corrected chi connectivity index (χ1v) is 10.5. The molecule has 9 heteroatoms. The lowest BCUT2D eigenvalue weighted by Gasteiger charge is -2.17. The summed E-state index contributed by atoms with van der Waals surface area (Å²) >= 11 is 0. The number of rotatable bonds is 7. The maximum absolute atomic E-state index is 4.92. The number of nitrogens with one attached hydrogen (secondary N) is 2. The first-order chi connectivity index (χ1) is 13.5. The Labute approximate surface area is 191 Å². The van der Waals surface area contributed by atoms with E-state index in [1.807, 2.05) is 30.3 Å². The molecule has 1 fully saturated rings. The summed E-state index contributed by atoms with van der Waals surface area (Å²) in [6.45, 7) is 7.53. The number of guanidine groups is 1. The molecule has 2 N–H and O–H groups in total. The smallest absolute Gasteiger partial charge is 0.192 e. The molecule has 0 atom stereocenters. The van der Waals surface area contributed by atoms with Crippen molar-refractivity contribution in [2.45, 2.75) is 78.4 Å². The molecule has 0 aliphatic heterocycles. The highest BCUT2D eigenvalue weighted by atomic mass is 127. The molecule has 3 rings (SSSR count). The van der Waals surface area contributed by atoms with Crippen molar-refractivity contribution in [2.75, 3.05) is 0 Å². The van der Waals surface area contributed by atoms with E-state index in [9.17, 15) is 0 Å². The van der Waals surface area contributed by atoms with Crippen molar-refractivity contribution in [3.63, 3.8) is 0 Å². The molecule has 2 aromatic heterocycles. The summed E-state index contributed by atoms with van der Waals surface area (Å²) in [4.78, 5) is 4.92. The standard InChI is InChI=1S/C20H34N8.HI/c1-6-17-16(18(7-2)28(5)26-17)12-21-20(23-15-10-8-9-11-15)22-13-19-25-24-14(3)27(19)4;/h15H,6-13H2,1-5H3,(H2,21,22,23);1H. The molecule has 2 aromatic rings. The minimum Gasteiger partial charge on any atom is -0.354 e. The Balaban J connectivity index is 0.00000300. The van der Waals surface area contributed by atoms with E-state index in [0.29, 0.717) is 19.1 Å². The Morgan fingerprint density at radius 3 is 2.45 bits per heavy atom. The van der Waals surface area contributed by atoms with E-state index in [1.54, 1.807) is 0 Å². The Hall–Kier alpha value is -1.65. The van der Waals surface area contributed by atoms with Gasteiger partial charge in [0, 0.05) is 31.4 Å². The van der Waals surface area contributed by atoms with Crippen molar-refractivity contribution in [3.05, 3.63) is 28.6 Å². The van der Waals surface area contributed by atoms with E-state index >= 15 is 0 Å². The zero-order chi connectivity index (χ0) is 20.1. The molecule has 0 spiro atoms. The molecule has 0 amide bonds. The lowest BCUT2D eigenvalue weighted by atomic mass is 10.1. The van der Waals surface area contributed by atoms with Crippen molar-refractivity contribution in [1.29, 1.82) is 0 Å². The molecule has 8 nitrogen and oxygen atoms in total. The van der Waals surface area contributed by atoms with Gasteiger partial charge in [0.15, 0.2) is 11.8 Å².